The lowest BCUT2D eigenvalue weighted by molar-refractivity contribution is -0.0638. The van der Waals surface area contributed by atoms with Crippen LogP contribution in [0.2, 0.25) is 0 Å². The fraction of sp³-hybridized carbons (Fsp3) is 0.625. The Morgan fingerprint density at radius 1 is 1.29 bits per heavy atom. The van der Waals surface area contributed by atoms with Crippen molar-refractivity contribution in [1.29, 1.82) is 0 Å². The first-order valence-electron chi connectivity index (χ1n) is 7.56. The molecule has 0 spiro atoms. The number of rotatable bonds is 6. The maximum atomic E-state index is 14.5. The minimum Gasteiger partial charge on any atom is -0.373 e. The molecule has 1 aromatic rings. The average Bonchev–Trinajstić information content (AvgIpc) is 2.92. The molecule has 0 amide bonds. The van der Waals surface area contributed by atoms with Gasteiger partial charge in [-0.15, -0.1) is 0 Å². The second-order valence-corrected chi connectivity index (χ2v) is 6.31. The molecule has 2 rings (SSSR count). The molecule has 0 radical (unpaired) electrons. The average molecular weight is 362 g/mol. The van der Waals surface area contributed by atoms with Gasteiger partial charge in [-0.05, 0) is 54.4 Å². The van der Waals surface area contributed by atoms with Gasteiger partial charge in [-0.2, -0.15) is 0 Å². The van der Waals surface area contributed by atoms with E-state index in [2.05, 4.69) is 21.2 Å². The number of likely N-dealkylation sites (N-methyl/N-ethyl adjacent to an activating group) is 1. The summed E-state index contributed by atoms with van der Waals surface area (Å²) in [6, 6.07) is 2.24. The van der Waals surface area contributed by atoms with Crippen LogP contribution >= 0.6 is 15.9 Å². The highest BCUT2D eigenvalue weighted by Gasteiger charge is 2.44. The third kappa shape index (κ3) is 3.30. The summed E-state index contributed by atoms with van der Waals surface area (Å²) in [6.45, 7) is 5.04. The largest absolute Gasteiger partial charge is 0.373 e. The molecule has 0 aliphatic heterocycles. The van der Waals surface area contributed by atoms with E-state index in [0.717, 1.165) is 25.7 Å². The molecule has 21 heavy (non-hydrogen) atoms. The van der Waals surface area contributed by atoms with Crippen molar-refractivity contribution in [2.45, 2.75) is 51.2 Å². The molecule has 5 heteroatoms. The second-order valence-electron chi connectivity index (χ2n) is 5.45. The van der Waals surface area contributed by atoms with Gasteiger partial charge in [0.25, 0.3) is 0 Å². The number of halogens is 3. The highest BCUT2D eigenvalue weighted by atomic mass is 79.9. The zero-order valence-electron chi connectivity index (χ0n) is 12.5. The Labute approximate surface area is 133 Å². The Balaban J connectivity index is 2.50. The minimum atomic E-state index is -0.535. The van der Waals surface area contributed by atoms with Crippen LogP contribution in [0.3, 0.4) is 0 Å². The van der Waals surface area contributed by atoms with Crippen molar-refractivity contribution in [3.8, 4) is 0 Å². The summed E-state index contributed by atoms with van der Waals surface area (Å²) in [5, 5.41) is 3.25. The molecule has 1 saturated carbocycles. The summed E-state index contributed by atoms with van der Waals surface area (Å²) in [7, 11) is 0. The minimum absolute atomic E-state index is 0.0848. The van der Waals surface area contributed by atoms with Crippen molar-refractivity contribution in [3.05, 3.63) is 33.8 Å². The van der Waals surface area contributed by atoms with Gasteiger partial charge in [0, 0.05) is 12.2 Å². The maximum absolute atomic E-state index is 14.5. The zero-order chi connectivity index (χ0) is 15.5. The van der Waals surface area contributed by atoms with E-state index in [-0.39, 0.29) is 10.0 Å². The monoisotopic (exact) mass is 361 g/mol. The summed E-state index contributed by atoms with van der Waals surface area (Å²) >= 11 is 3.15. The standard InChI is InChI=1S/C16H22BrF2NO/c1-3-20-15(16(21-4-2)9-5-6-10-16)13-12(18)8-7-11(17)14(13)19/h7-8,15,20H,3-6,9-10H2,1-2H3. The molecule has 1 aliphatic rings. The smallest absolute Gasteiger partial charge is 0.145 e. The Morgan fingerprint density at radius 3 is 2.52 bits per heavy atom. The molecule has 118 valence electrons. The normalized spacial score (nSPS) is 18.9. The lowest BCUT2D eigenvalue weighted by atomic mass is 9.86. The predicted molar refractivity (Wildman–Crippen MR) is 83.3 cm³/mol. The van der Waals surface area contributed by atoms with E-state index >= 15 is 0 Å². The van der Waals surface area contributed by atoms with Crippen LogP contribution in [0, 0.1) is 11.6 Å². The molecule has 0 bridgehead atoms. The molecule has 1 unspecified atom stereocenters. The van der Waals surface area contributed by atoms with Crippen LogP contribution in [0.1, 0.15) is 51.1 Å². The lowest BCUT2D eigenvalue weighted by Gasteiger charge is -2.38. The predicted octanol–water partition coefficient (Wildman–Crippen LogP) is 4.73. The van der Waals surface area contributed by atoms with Gasteiger partial charge in [0.05, 0.1) is 16.1 Å². The van der Waals surface area contributed by atoms with Crippen LogP contribution in [0.4, 0.5) is 8.78 Å². The highest BCUT2D eigenvalue weighted by Crippen LogP contribution is 2.44. The molecule has 0 aromatic heterocycles. The van der Waals surface area contributed by atoms with Crippen molar-refractivity contribution in [1.82, 2.24) is 5.32 Å². The van der Waals surface area contributed by atoms with Crippen LogP contribution in [0.5, 0.6) is 0 Å². The van der Waals surface area contributed by atoms with E-state index in [4.69, 9.17) is 4.74 Å². The molecular formula is C16H22BrF2NO. The Bertz CT molecular complexity index is 489. The first-order chi connectivity index (χ1) is 10.1. The molecule has 1 fully saturated rings. The van der Waals surface area contributed by atoms with Crippen LogP contribution in [0.25, 0.3) is 0 Å². The number of hydrogen-bond acceptors (Lipinski definition) is 2. The van der Waals surface area contributed by atoms with Gasteiger partial charge in [-0.1, -0.05) is 19.8 Å². The fourth-order valence-electron chi connectivity index (χ4n) is 3.34. The third-order valence-corrected chi connectivity index (χ3v) is 4.80. The van der Waals surface area contributed by atoms with Crippen molar-refractivity contribution in [2.75, 3.05) is 13.2 Å². The van der Waals surface area contributed by atoms with Crippen molar-refractivity contribution >= 4 is 15.9 Å². The van der Waals surface area contributed by atoms with Crippen molar-refractivity contribution in [2.24, 2.45) is 0 Å². The summed E-state index contributed by atoms with van der Waals surface area (Å²) < 4.78 is 35.1. The summed E-state index contributed by atoms with van der Waals surface area (Å²) in [5.74, 6) is -1.06. The van der Waals surface area contributed by atoms with E-state index < -0.39 is 23.3 Å². The molecule has 1 aliphatic carbocycles. The van der Waals surface area contributed by atoms with Gasteiger partial charge in [0.2, 0.25) is 0 Å². The number of hydrogen-bond donors (Lipinski definition) is 1. The lowest BCUT2D eigenvalue weighted by Crippen LogP contribution is -2.45. The van der Waals surface area contributed by atoms with Crippen molar-refractivity contribution < 1.29 is 13.5 Å². The topological polar surface area (TPSA) is 21.3 Å². The van der Waals surface area contributed by atoms with E-state index in [9.17, 15) is 8.78 Å². The first kappa shape index (κ1) is 16.8. The molecule has 2 nitrogen and oxygen atoms in total. The van der Waals surface area contributed by atoms with Gasteiger partial charge in [-0.3, -0.25) is 0 Å². The maximum Gasteiger partial charge on any atom is 0.145 e. The Kier molecular flexibility index (Phi) is 5.74. The van der Waals surface area contributed by atoms with Gasteiger partial charge >= 0.3 is 0 Å². The zero-order valence-corrected chi connectivity index (χ0v) is 14.1. The van der Waals surface area contributed by atoms with Crippen molar-refractivity contribution in [3.63, 3.8) is 0 Å². The van der Waals surface area contributed by atoms with Crippen LogP contribution in [-0.2, 0) is 4.74 Å². The number of benzene rings is 1. The summed E-state index contributed by atoms with van der Waals surface area (Å²) in [6.07, 6.45) is 3.70. The van der Waals surface area contributed by atoms with Gasteiger partial charge in [-0.25, -0.2) is 8.78 Å². The highest BCUT2D eigenvalue weighted by molar-refractivity contribution is 9.10. The molecular weight excluding hydrogens is 340 g/mol. The summed E-state index contributed by atoms with van der Waals surface area (Å²) in [4.78, 5) is 0. The summed E-state index contributed by atoms with van der Waals surface area (Å²) in [5.41, 5.74) is -0.436. The molecule has 1 aromatic carbocycles. The van der Waals surface area contributed by atoms with E-state index in [1.165, 1.54) is 12.1 Å². The SMILES string of the molecule is CCNC(c1c(F)ccc(Br)c1F)C1(OCC)CCCC1. The molecule has 1 N–H and O–H groups in total. The van der Waals surface area contributed by atoms with Crippen LogP contribution in [0.15, 0.2) is 16.6 Å². The third-order valence-electron chi connectivity index (χ3n) is 4.18. The Morgan fingerprint density at radius 2 is 1.95 bits per heavy atom. The van der Waals surface area contributed by atoms with Gasteiger partial charge < -0.3 is 10.1 Å². The van der Waals surface area contributed by atoms with E-state index in [1.54, 1.807) is 0 Å². The number of ether oxygens (including phenoxy) is 1. The fourth-order valence-corrected chi connectivity index (χ4v) is 3.69. The first-order valence-corrected chi connectivity index (χ1v) is 8.35. The second kappa shape index (κ2) is 7.16. The molecule has 1 atom stereocenters. The van der Waals surface area contributed by atoms with Crippen LogP contribution in [-0.4, -0.2) is 18.8 Å². The Hall–Kier alpha value is -0.520. The molecule has 0 heterocycles. The van der Waals surface area contributed by atoms with E-state index in [1.807, 2.05) is 13.8 Å². The van der Waals surface area contributed by atoms with Gasteiger partial charge in [0.15, 0.2) is 0 Å². The van der Waals surface area contributed by atoms with E-state index in [0.29, 0.717) is 13.2 Å². The molecule has 0 saturated heterocycles. The van der Waals surface area contributed by atoms with Crippen LogP contribution < -0.4 is 5.32 Å². The van der Waals surface area contributed by atoms with Gasteiger partial charge in [0.1, 0.15) is 11.6 Å². The number of nitrogens with one attached hydrogen (secondary N) is 1. The quantitative estimate of drug-likeness (QED) is 0.739.